The van der Waals surface area contributed by atoms with Crippen molar-refractivity contribution >= 4 is 10.9 Å². The molecule has 0 aromatic heterocycles. The van der Waals surface area contributed by atoms with Crippen LogP contribution >= 0.6 is 0 Å². The monoisotopic (exact) mass is 254 g/mol. The first kappa shape index (κ1) is 14.2. The van der Waals surface area contributed by atoms with E-state index >= 15 is 0 Å². The molecule has 5 N–H and O–H groups in total. The first-order valence-electron chi connectivity index (χ1n) is 5.09. The average molecular weight is 254 g/mol. The second-order valence-electron chi connectivity index (χ2n) is 3.94. The van der Waals surface area contributed by atoms with Crippen molar-refractivity contribution in [2.75, 3.05) is 24.7 Å². The highest BCUT2D eigenvalue weighted by molar-refractivity contribution is 7.97. The zero-order chi connectivity index (χ0) is 12.3. The molecule has 1 saturated heterocycles. The third-order valence-corrected chi connectivity index (χ3v) is 5.59. The Morgan fingerprint density at radius 3 is 2.44 bits per heavy atom. The summed E-state index contributed by atoms with van der Waals surface area (Å²) in [5, 5.41) is 56.6. The second kappa shape index (κ2) is 6.15. The smallest absolute Gasteiger partial charge is 0.169 e. The maximum absolute atomic E-state index is 11.1. The van der Waals surface area contributed by atoms with E-state index < -0.39 is 47.2 Å². The molecule has 0 aliphatic carbocycles. The Labute approximate surface area is 96.5 Å². The van der Waals surface area contributed by atoms with Crippen molar-refractivity contribution in [3.8, 4) is 0 Å². The average Bonchev–Trinajstić information content (AvgIpc) is 2.53. The summed E-state index contributed by atoms with van der Waals surface area (Å²) in [6, 6.07) is 0. The molecule has 0 amide bonds. The Morgan fingerprint density at radius 1 is 1.31 bits per heavy atom. The van der Waals surface area contributed by atoms with Crippen molar-refractivity contribution in [2.24, 2.45) is 0 Å². The van der Waals surface area contributed by atoms with Gasteiger partial charge in [0.1, 0.15) is 23.7 Å². The van der Waals surface area contributed by atoms with Gasteiger partial charge in [0.25, 0.3) is 0 Å². The molecule has 0 aromatic rings. The first-order valence-corrected chi connectivity index (χ1v) is 6.71. The zero-order valence-electron chi connectivity index (χ0n) is 8.77. The van der Waals surface area contributed by atoms with Gasteiger partial charge in [-0.1, -0.05) is 6.10 Å². The lowest BCUT2D eigenvalue weighted by molar-refractivity contribution is -0.440. The van der Waals surface area contributed by atoms with Crippen LogP contribution in [0.2, 0.25) is 0 Å². The van der Waals surface area contributed by atoms with Crippen LogP contribution in [0.25, 0.3) is 0 Å². The Hall–Kier alpha value is 0.110. The Morgan fingerprint density at radius 2 is 1.94 bits per heavy atom. The van der Waals surface area contributed by atoms with Crippen LogP contribution in [-0.2, 0) is 10.9 Å². The lowest BCUT2D eigenvalue weighted by Gasteiger charge is -2.25. The predicted octanol–water partition coefficient (Wildman–Crippen LogP) is -4.22. The Kier molecular flexibility index (Phi) is 5.45. The van der Waals surface area contributed by atoms with Crippen LogP contribution < -0.4 is 5.11 Å². The molecule has 1 heterocycles. The summed E-state index contributed by atoms with van der Waals surface area (Å²) in [4.78, 5) is 0. The van der Waals surface area contributed by atoms with Gasteiger partial charge >= 0.3 is 0 Å². The summed E-state index contributed by atoms with van der Waals surface area (Å²) >= 11 is 0. The highest BCUT2D eigenvalue weighted by atomic mass is 32.2. The van der Waals surface area contributed by atoms with Crippen LogP contribution in [0.5, 0.6) is 0 Å². The molecular formula is C9H18O6S. The van der Waals surface area contributed by atoms with Crippen molar-refractivity contribution in [1.29, 1.82) is 0 Å². The second-order valence-corrected chi connectivity index (χ2v) is 6.29. The summed E-state index contributed by atoms with van der Waals surface area (Å²) in [5.74, 6) is 0.385. The van der Waals surface area contributed by atoms with Gasteiger partial charge in [-0.2, -0.15) is 0 Å². The summed E-state index contributed by atoms with van der Waals surface area (Å²) in [5.41, 5.74) is 0. The quantitative estimate of drug-likeness (QED) is 0.317. The van der Waals surface area contributed by atoms with Crippen molar-refractivity contribution in [1.82, 2.24) is 0 Å². The molecule has 0 saturated carbocycles. The van der Waals surface area contributed by atoms with E-state index in [2.05, 4.69) is 0 Å². The number of aliphatic hydroxyl groups excluding tert-OH is 5. The lowest BCUT2D eigenvalue weighted by atomic mass is 10.2. The van der Waals surface area contributed by atoms with Crippen molar-refractivity contribution in [2.45, 2.75) is 29.7 Å². The van der Waals surface area contributed by atoms with Gasteiger partial charge in [0.2, 0.25) is 0 Å². The van der Waals surface area contributed by atoms with Crippen LogP contribution in [0, 0.1) is 0 Å². The Bertz CT molecular complexity index is 216. The fourth-order valence-corrected chi connectivity index (χ4v) is 4.45. The van der Waals surface area contributed by atoms with E-state index in [0.29, 0.717) is 0 Å². The van der Waals surface area contributed by atoms with E-state index in [1.807, 2.05) is 0 Å². The van der Waals surface area contributed by atoms with Gasteiger partial charge in [-0.05, 0) is 0 Å². The van der Waals surface area contributed by atoms with Crippen LogP contribution in [0.3, 0.4) is 0 Å². The van der Waals surface area contributed by atoms with E-state index in [1.165, 1.54) is 0 Å². The summed E-state index contributed by atoms with van der Waals surface area (Å²) in [6.45, 7) is -0.927. The number of rotatable bonds is 5. The first-order chi connectivity index (χ1) is 7.51. The largest absolute Gasteiger partial charge is 0.848 e. The molecule has 0 bridgehead atoms. The van der Waals surface area contributed by atoms with Gasteiger partial charge in [-0.3, -0.25) is 0 Å². The molecule has 16 heavy (non-hydrogen) atoms. The molecule has 96 valence electrons. The molecule has 1 unspecified atom stereocenters. The van der Waals surface area contributed by atoms with Crippen molar-refractivity contribution in [3.05, 3.63) is 0 Å². The molecule has 1 aliphatic heterocycles. The molecule has 6 nitrogen and oxygen atoms in total. The standard InChI is InChI=1S/C9H18O6S/c10-1-5(12)6(13)3-16-4-7(14)9(15)8(16)2-11/h5-11,13-15H,1-4H2/t5-,6+,7+,8+,9-,16?/m0/s1. The van der Waals surface area contributed by atoms with Gasteiger partial charge in [-0.15, -0.1) is 0 Å². The van der Waals surface area contributed by atoms with E-state index in [0.717, 1.165) is 0 Å². The maximum Gasteiger partial charge on any atom is 0.169 e. The highest BCUT2D eigenvalue weighted by Gasteiger charge is 2.49. The van der Waals surface area contributed by atoms with E-state index in [9.17, 15) is 20.4 Å². The molecule has 1 fully saturated rings. The van der Waals surface area contributed by atoms with Crippen LogP contribution in [0.4, 0.5) is 0 Å². The highest BCUT2D eigenvalue weighted by Crippen LogP contribution is 2.24. The number of hydrogen-bond donors (Lipinski definition) is 5. The van der Waals surface area contributed by atoms with Gasteiger partial charge in [0.15, 0.2) is 5.25 Å². The SMILES string of the molecule is [O-][C@@H](CO)[C@H](O)C[S+]1C[C@@H](O)[C@H](O)[C@H]1CO. The minimum Gasteiger partial charge on any atom is -0.848 e. The molecular weight excluding hydrogens is 236 g/mol. The normalized spacial score (nSPS) is 38.6. The minimum absolute atomic E-state index is 0.105. The summed E-state index contributed by atoms with van der Waals surface area (Å²) < 4.78 is 0. The summed E-state index contributed by atoms with van der Waals surface area (Å²) in [6.07, 6.45) is -4.59. The molecule has 0 radical (unpaired) electrons. The van der Waals surface area contributed by atoms with Gasteiger partial charge in [0.05, 0.1) is 12.7 Å². The Balaban J connectivity index is 2.53. The van der Waals surface area contributed by atoms with Crippen LogP contribution in [0.1, 0.15) is 0 Å². The van der Waals surface area contributed by atoms with Gasteiger partial charge < -0.3 is 30.6 Å². The third-order valence-electron chi connectivity index (χ3n) is 2.76. The van der Waals surface area contributed by atoms with Gasteiger partial charge in [0, 0.05) is 17.5 Å². The molecule has 0 aromatic carbocycles. The third kappa shape index (κ3) is 3.07. The summed E-state index contributed by atoms with van der Waals surface area (Å²) in [7, 11) is -0.589. The van der Waals surface area contributed by atoms with Crippen molar-refractivity contribution in [3.63, 3.8) is 0 Å². The van der Waals surface area contributed by atoms with Crippen LogP contribution in [-0.4, -0.2) is 79.9 Å². The number of aliphatic hydroxyl groups is 5. The lowest BCUT2D eigenvalue weighted by Crippen LogP contribution is -2.46. The molecule has 1 aliphatic rings. The van der Waals surface area contributed by atoms with Crippen LogP contribution in [0.15, 0.2) is 0 Å². The predicted molar refractivity (Wildman–Crippen MR) is 56.9 cm³/mol. The zero-order valence-corrected chi connectivity index (χ0v) is 9.58. The van der Waals surface area contributed by atoms with Gasteiger partial charge in [-0.25, -0.2) is 0 Å². The van der Waals surface area contributed by atoms with E-state index in [4.69, 9.17) is 10.2 Å². The minimum atomic E-state index is -1.47. The molecule has 7 heteroatoms. The molecule has 6 atom stereocenters. The van der Waals surface area contributed by atoms with Crippen molar-refractivity contribution < 1.29 is 30.6 Å². The topological polar surface area (TPSA) is 124 Å². The maximum atomic E-state index is 11.1. The van der Waals surface area contributed by atoms with E-state index in [1.54, 1.807) is 0 Å². The fraction of sp³-hybridized carbons (Fsp3) is 1.00. The molecule has 0 spiro atoms. The fourth-order valence-electron chi connectivity index (χ4n) is 1.74. The molecule has 1 rings (SSSR count). The number of hydrogen-bond acceptors (Lipinski definition) is 6. The van der Waals surface area contributed by atoms with E-state index in [-0.39, 0.29) is 18.1 Å².